The van der Waals surface area contributed by atoms with E-state index in [2.05, 4.69) is 31.0 Å². The van der Waals surface area contributed by atoms with Crippen LogP contribution in [0.25, 0.3) is 11.1 Å². The van der Waals surface area contributed by atoms with Crippen molar-refractivity contribution in [3.8, 4) is 11.1 Å². The van der Waals surface area contributed by atoms with Gasteiger partial charge in [-0.3, -0.25) is 0 Å². The molecule has 1 atom stereocenters. The number of benzene rings is 1. The smallest absolute Gasteiger partial charge is 0.341 e. The van der Waals surface area contributed by atoms with E-state index in [-0.39, 0.29) is 11.7 Å². The summed E-state index contributed by atoms with van der Waals surface area (Å²) in [6.45, 7) is 8.62. The summed E-state index contributed by atoms with van der Waals surface area (Å²) >= 11 is 0. The normalized spacial score (nSPS) is 17.3. The van der Waals surface area contributed by atoms with Gasteiger partial charge in [0.05, 0.1) is 12.8 Å². The number of anilines is 1. The third-order valence-corrected chi connectivity index (χ3v) is 4.81. The Morgan fingerprint density at radius 1 is 1.33 bits per heavy atom. The Morgan fingerprint density at radius 2 is 2.04 bits per heavy atom. The third kappa shape index (κ3) is 4.11. The first-order valence-corrected chi connectivity index (χ1v) is 9.28. The first kappa shape index (κ1) is 19.3. The fourth-order valence-corrected chi connectivity index (χ4v) is 3.44. The van der Waals surface area contributed by atoms with Crippen LogP contribution in [0.4, 0.5) is 10.2 Å². The number of piperazine rings is 1. The number of hydrogen-bond donors (Lipinski definition) is 1. The Labute approximate surface area is 159 Å². The first-order valence-electron chi connectivity index (χ1n) is 9.28. The molecule has 0 radical (unpaired) electrons. The third-order valence-electron chi connectivity index (χ3n) is 4.81. The summed E-state index contributed by atoms with van der Waals surface area (Å²) in [7, 11) is 1.38. The highest BCUT2D eigenvalue weighted by atomic mass is 19.1. The second-order valence-electron chi connectivity index (χ2n) is 7.25. The number of nitrogens with one attached hydrogen (secondary N) is 1. The van der Waals surface area contributed by atoms with Crippen LogP contribution in [0.3, 0.4) is 0 Å². The van der Waals surface area contributed by atoms with Crippen molar-refractivity contribution in [2.24, 2.45) is 0 Å². The number of halogens is 1. The van der Waals surface area contributed by atoms with Gasteiger partial charge in [-0.25, -0.2) is 14.2 Å². The molecule has 1 aliphatic rings. The maximum Gasteiger partial charge on any atom is 0.341 e. The van der Waals surface area contributed by atoms with Gasteiger partial charge in [0.1, 0.15) is 17.2 Å². The van der Waals surface area contributed by atoms with Crippen molar-refractivity contribution < 1.29 is 13.9 Å². The van der Waals surface area contributed by atoms with Crippen LogP contribution in [0.2, 0.25) is 0 Å². The Kier molecular flexibility index (Phi) is 5.75. The zero-order valence-corrected chi connectivity index (χ0v) is 16.3. The molecule has 1 aliphatic heterocycles. The van der Waals surface area contributed by atoms with Crippen LogP contribution in [0, 0.1) is 5.82 Å². The lowest BCUT2D eigenvalue weighted by molar-refractivity contribution is 0.0601. The number of rotatable bonds is 4. The van der Waals surface area contributed by atoms with E-state index in [1.165, 1.54) is 19.2 Å². The van der Waals surface area contributed by atoms with Crippen molar-refractivity contribution in [2.75, 3.05) is 31.6 Å². The Balaban J connectivity index is 2.17. The van der Waals surface area contributed by atoms with Gasteiger partial charge in [-0.1, -0.05) is 26.0 Å². The molecule has 144 valence electrons. The van der Waals surface area contributed by atoms with Crippen LogP contribution < -0.4 is 10.2 Å². The molecule has 0 bridgehead atoms. The Bertz CT molecular complexity index is 821. The van der Waals surface area contributed by atoms with E-state index in [0.29, 0.717) is 17.4 Å². The van der Waals surface area contributed by atoms with E-state index in [9.17, 15) is 9.18 Å². The average Bonchev–Trinajstić information content (AvgIpc) is 2.67. The number of nitrogens with zero attached hydrogens (tertiary/aromatic N) is 2. The van der Waals surface area contributed by atoms with Gasteiger partial charge in [-0.2, -0.15) is 0 Å². The molecule has 2 heterocycles. The van der Waals surface area contributed by atoms with Gasteiger partial charge >= 0.3 is 5.97 Å². The minimum Gasteiger partial charge on any atom is -0.465 e. The van der Waals surface area contributed by atoms with Gasteiger partial charge in [-0.15, -0.1) is 0 Å². The molecule has 5 nitrogen and oxygen atoms in total. The monoisotopic (exact) mass is 371 g/mol. The molecule has 0 spiro atoms. The van der Waals surface area contributed by atoms with Gasteiger partial charge in [-0.05, 0) is 36.6 Å². The largest absolute Gasteiger partial charge is 0.465 e. The van der Waals surface area contributed by atoms with Crippen molar-refractivity contribution in [1.82, 2.24) is 10.3 Å². The fourth-order valence-electron chi connectivity index (χ4n) is 3.44. The quantitative estimate of drug-likeness (QED) is 0.833. The molecule has 27 heavy (non-hydrogen) atoms. The maximum atomic E-state index is 13.4. The molecule has 0 aliphatic carbocycles. The predicted octanol–water partition coefficient (Wildman–Crippen LogP) is 3.60. The minimum atomic E-state index is -0.414. The van der Waals surface area contributed by atoms with E-state index in [1.807, 2.05) is 6.07 Å². The van der Waals surface area contributed by atoms with Crippen LogP contribution in [0.15, 0.2) is 30.3 Å². The zero-order valence-electron chi connectivity index (χ0n) is 16.3. The van der Waals surface area contributed by atoms with Crippen molar-refractivity contribution in [2.45, 2.75) is 32.7 Å². The van der Waals surface area contributed by atoms with Gasteiger partial charge in [0.2, 0.25) is 0 Å². The van der Waals surface area contributed by atoms with Gasteiger partial charge in [0, 0.05) is 31.2 Å². The highest BCUT2D eigenvalue weighted by molar-refractivity contribution is 5.96. The standard InChI is InChI=1S/C21H26FN3O2/c1-13(2)19-17(15-5-7-16(22)8-6-15)11-18(21(26)27-4)20(24-19)25-10-9-23-14(3)12-25/h5-8,11,13-14,23H,9-10,12H2,1-4H3. The SMILES string of the molecule is COC(=O)c1cc(-c2ccc(F)cc2)c(C(C)C)nc1N1CCNC(C)C1. The molecule has 6 heteroatoms. The number of carbonyl (C=O) groups is 1. The number of carbonyl (C=O) groups excluding carboxylic acids is 1. The molecular weight excluding hydrogens is 345 g/mol. The van der Waals surface area contributed by atoms with E-state index in [0.717, 1.165) is 36.5 Å². The van der Waals surface area contributed by atoms with Gasteiger partial charge < -0.3 is 15.0 Å². The molecule has 0 amide bonds. The zero-order chi connectivity index (χ0) is 19.6. The second-order valence-corrected chi connectivity index (χ2v) is 7.25. The summed E-state index contributed by atoms with van der Waals surface area (Å²) in [5, 5.41) is 3.40. The number of esters is 1. The minimum absolute atomic E-state index is 0.149. The number of aromatic nitrogens is 1. The van der Waals surface area contributed by atoms with Crippen molar-refractivity contribution >= 4 is 11.8 Å². The van der Waals surface area contributed by atoms with Crippen molar-refractivity contribution in [3.63, 3.8) is 0 Å². The lowest BCUT2D eigenvalue weighted by Gasteiger charge is -2.34. The van der Waals surface area contributed by atoms with Crippen LogP contribution >= 0.6 is 0 Å². The molecule has 0 saturated carbocycles. The molecule has 1 aromatic heterocycles. The topological polar surface area (TPSA) is 54.5 Å². The van der Waals surface area contributed by atoms with Gasteiger partial charge in [0.15, 0.2) is 0 Å². The summed E-state index contributed by atoms with van der Waals surface area (Å²) in [5.41, 5.74) is 2.99. The average molecular weight is 371 g/mol. The van der Waals surface area contributed by atoms with Crippen LogP contribution in [-0.2, 0) is 4.74 Å². The summed E-state index contributed by atoms with van der Waals surface area (Å²) in [6, 6.07) is 8.42. The molecule has 1 aromatic carbocycles. The lowest BCUT2D eigenvalue weighted by Crippen LogP contribution is -2.50. The molecule has 1 unspecified atom stereocenters. The fraction of sp³-hybridized carbons (Fsp3) is 0.429. The highest BCUT2D eigenvalue weighted by Crippen LogP contribution is 2.33. The van der Waals surface area contributed by atoms with Crippen molar-refractivity contribution in [3.05, 3.63) is 47.4 Å². The summed E-state index contributed by atoms with van der Waals surface area (Å²) in [5.74, 6) is 0.0976. The lowest BCUT2D eigenvalue weighted by atomic mass is 9.95. The molecule has 1 N–H and O–H groups in total. The predicted molar refractivity (Wildman–Crippen MR) is 105 cm³/mol. The molecule has 1 saturated heterocycles. The van der Waals surface area contributed by atoms with Crippen LogP contribution in [-0.4, -0.2) is 43.7 Å². The summed E-state index contributed by atoms with van der Waals surface area (Å²) < 4.78 is 18.4. The van der Waals surface area contributed by atoms with Crippen LogP contribution in [0.1, 0.15) is 42.7 Å². The van der Waals surface area contributed by atoms with E-state index >= 15 is 0 Å². The Hall–Kier alpha value is -2.47. The maximum absolute atomic E-state index is 13.4. The number of ether oxygens (including phenoxy) is 1. The highest BCUT2D eigenvalue weighted by Gasteiger charge is 2.26. The summed E-state index contributed by atoms with van der Waals surface area (Å²) in [4.78, 5) is 19.5. The molecular formula is C21H26FN3O2. The van der Waals surface area contributed by atoms with Gasteiger partial charge in [0.25, 0.3) is 0 Å². The number of hydrogen-bond acceptors (Lipinski definition) is 5. The Morgan fingerprint density at radius 3 is 2.63 bits per heavy atom. The molecule has 2 aromatic rings. The number of methoxy groups -OCH3 is 1. The second kappa shape index (κ2) is 8.05. The van der Waals surface area contributed by atoms with Crippen molar-refractivity contribution in [1.29, 1.82) is 0 Å². The summed E-state index contributed by atoms with van der Waals surface area (Å²) in [6.07, 6.45) is 0. The molecule has 3 rings (SSSR count). The number of pyridine rings is 1. The van der Waals surface area contributed by atoms with E-state index in [4.69, 9.17) is 9.72 Å². The van der Waals surface area contributed by atoms with E-state index in [1.54, 1.807) is 12.1 Å². The van der Waals surface area contributed by atoms with E-state index < -0.39 is 5.97 Å². The molecule has 1 fully saturated rings. The van der Waals surface area contributed by atoms with Crippen LogP contribution in [0.5, 0.6) is 0 Å². The first-order chi connectivity index (χ1) is 12.9.